The Morgan fingerprint density at radius 3 is 1.96 bits per heavy atom. The van der Waals surface area contributed by atoms with Crippen molar-refractivity contribution in [1.29, 1.82) is 0 Å². The molecule has 0 aliphatic heterocycles. The molecule has 6 nitrogen and oxygen atoms in total. The lowest BCUT2D eigenvalue weighted by Gasteiger charge is -2.20. The number of carbonyl (C=O) groups is 2. The van der Waals surface area contributed by atoms with Gasteiger partial charge < -0.3 is 15.0 Å². The van der Waals surface area contributed by atoms with Crippen LogP contribution in [0.2, 0.25) is 0 Å². The number of amides is 1. The number of para-hydroxylation sites is 2. The fourth-order valence-corrected chi connectivity index (χ4v) is 3.12. The number of fused-ring (bicyclic) bond motifs is 2. The number of nitrogens with zero attached hydrogens (tertiary/aromatic N) is 1. The summed E-state index contributed by atoms with van der Waals surface area (Å²) in [5.41, 5.74) is 1.20. The molecule has 1 aromatic heterocycles. The van der Waals surface area contributed by atoms with Crippen LogP contribution in [0.25, 0.3) is 21.8 Å². The maximum atomic E-state index is 12.7. The molecule has 0 fully saturated rings. The second-order valence-corrected chi connectivity index (χ2v) is 6.58. The Kier molecular flexibility index (Phi) is 4.75. The second kappa shape index (κ2) is 7.00. The minimum absolute atomic E-state index is 0.0716. The van der Waals surface area contributed by atoms with E-state index >= 15 is 0 Å². The highest BCUT2D eigenvalue weighted by Crippen LogP contribution is 2.19. The van der Waals surface area contributed by atoms with Crippen LogP contribution in [0.3, 0.4) is 0 Å². The third-order valence-electron chi connectivity index (χ3n) is 4.43. The standard InChI is InChI=1S/C20H20N2O4/c1-12(2)18(20(25)26)21-17(23)11-22-15-9-5-3-7-13(15)19(24)14-8-4-6-10-16(14)22/h3-10,12,18H,11H2,1-2H3,(H,21,23)(H,25,26)/t18-/m0/s1. The van der Waals surface area contributed by atoms with Crippen molar-refractivity contribution in [2.45, 2.75) is 26.4 Å². The highest BCUT2D eigenvalue weighted by atomic mass is 16.4. The zero-order valence-corrected chi connectivity index (χ0v) is 14.6. The van der Waals surface area contributed by atoms with Gasteiger partial charge in [0, 0.05) is 10.8 Å². The number of aliphatic carboxylic acids is 1. The zero-order valence-electron chi connectivity index (χ0n) is 14.6. The molecular formula is C20H20N2O4. The molecule has 0 radical (unpaired) electrons. The minimum Gasteiger partial charge on any atom is -0.480 e. The number of aromatic nitrogens is 1. The van der Waals surface area contributed by atoms with Crippen LogP contribution in [0, 0.1) is 5.92 Å². The summed E-state index contributed by atoms with van der Waals surface area (Å²) in [6.07, 6.45) is 0. The summed E-state index contributed by atoms with van der Waals surface area (Å²) in [6, 6.07) is 13.2. The van der Waals surface area contributed by atoms with Gasteiger partial charge in [-0.25, -0.2) is 4.79 Å². The van der Waals surface area contributed by atoms with Gasteiger partial charge in [0.2, 0.25) is 5.91 Å². The zero-order chi connectivity index (χ0) is 18.8. The third kappa shape index (κ3) is 3.18. The van der Waals surface area contributed by atoms with Crippen molar-refractivity contribution in [3.05, 3.63) is 58.8 Å². The van der Waals surface area contributed by atoms with Gasteiger partial charge in [-0.1, -0.05) is 38.1 Å². The molecule has 0 spiro atoms. The molecule has 134 valence electrons. The molecule has 26 heavy (non-hydrogen) atoms. The molecule has 0 unspecified atom stereocenters. The lowest BCUT2D eigenvalue weighted by atomic mass is 10.0. The SMILES string of the molecule is CC(C)[C@H](NC(=O)Cn1c2ccccc2c(=O)c2ccccc21)C(=O)O. The number of rotatable bonds is 5. The van der Waals surface area contributed by atoms with Gasteiger partial charge in [0.25, 0.3) is 0 Å². The van der Waals surface area contributed by atoms with E-state index in [4.69, 9.17) is 0 Å². The highest BCUT2D eigenvalue weighted by molar-refractivity contribution is 5.95. The van der Waals surface area contributed by atoms with Crippen molar-refractivity contribution in [2.75, 3.05) is 0 Å². The Balaban J connectivity index is 2.09. The van der Waals surface area contributed by atoms with Gasteiger partial charge in [-0.3, -0.25) is 9.59 Å². The topological polar surface area (TPSA) is 88.4 Å². The molecule has 1 amide bonds. The lowest BCUT2D eigenvalue weighted by Crippen LogP contribution is -2.45. The molecule has 0 saturated heterocycles. The van der Waals surface area contributed by atoms with Crippen molar-refractivity contribution in [2.24, 2.45) is 5.92 Å². The van der Waals surface area contributed by atoms with Crippen LogP contribution in [-0.4, -0.2) is 27.6 Å². The van der Waals surface area contributed by atoms with Crippen LogP contribution in [-0.2, 0) is 16.1 Å². The third-order valence-corrected chi connectivity index (χ3v) is 4.43. The van der Waals surface area contributed by atoms with Crippen LogP contribution in [0.4, 0.5) is 0 Å². The van der Waals surface area contributed by atoms with Gasteiger partial charge in [0.15, 0.2) is 5.43 Å². The molecule has 2 aromatic carbocycles. The van der Waals surface area contributed by atoms with Crippen LogP contribution >= 0.6 is 0 Å². The summed E-state index contributed by atoms with van der Waals surface area (Å²) in [7, 11) is 0. The van der Waals surface area contributed by atoms with Crippen molar-refractivity contribution in [3.63, 3.8) is 0 Å². The fraction of sp³-hybridized carbons (Fsp3) is 0.250. The Morgan fingerprint density at radius 2 is 1.50 bits per heavy atom. The summed E-state index contributed by atoms with van der Waals surface area (Å²) in [5.74, 6) is -1.72. The number of nitrogens with one attached hydrogen (secondary N) is 1. The quantitative estimate of drug-likeness (QED) is 0.690. The first-order chi connectivity index (χ1) is 12.4. The van der Waals surface area contributed by atoms with Crippen LogP contribution in [0.5, 0.6) is 0 Å². The average Bonchev–Trinajstić information content (AvgIpc) is 2.62. The van der Waals surface area contributed by atoms with Crippen molar-refractivity contribution >= 4 is 33.7 Å². The van der Waals surface area contributed by atoms with Crippen molar-refractivity contribution < 1.29 is 14.7 Å². The monoisotopic (exact) mass is 352 g/mol. The number of carboxylic acid groups (broad SMARTS) is 1. The van der Waals surface area contributed by atoms with Gasteiger partial charge in [0.05, 0.1) is 11.0 Å². The van der Waals surface area contributed by atoms with E-state index in [-0.39, 0.29) is 17.9 Å². The molecule has 0 bridgehead atoms. The van der Waals surface area contributed by atoms with E-state index in [1.165, 1.54) is 0 Å². The first kappa shape index (κ1) is 17.7. The van der Waals surface area contributed by atoms with Gasteiger partial charge in [-0.15, -0.1) is 0 Å². The predicted octanol–water partition coefficient (Wildman–Crippen LogP) is 2.38. The smallest absolute Gasteiger partial charge is 0.326 e. The first-order valence-corrected chi connectivity index (χ1v) is 8.42. The number of hydrogen-bond donors (Lipinski definition) is 2. The Hall–Kier alpha value is -3.15. The van der Waals surface area contributed by atoms with E-state index in [1.54, 1.807) is 66.9 Å². The molecule has 0 aliphatic carbocycles. The summed E-state index contributed by atoms with van der Waals surface area (Å²) >= 11 is 0. The summed E-state index contributed by atoms with van der Waals surface area (Å²) in [4.78, 5) is 36.6. The minimum atomic E-state index is -1.07. The van der Waals surface area contributed by atoms with E-state index in [0.717, 1.165) is 0 Å². The number of hydrogen-bond acceptors (Lipinski definition) is 3. The molecule has 0 saturated carbocycles. The fourth-order valence-electron chi connectivity index (χ4n) is 3.12. The highest BCUT2D eigenvalue weighted by Gasteiger charge is 2.24. The Morgan fingerprint density at radius 1 is 1.00 bits per heavy atom. The van der Waals surface area contributed by atoms with Gasteiger partial charge in [-0.2, -0.15) is 0 Å². The van der Waals surface area contributed by atoms with Crippen LogP contribution in [0.1, 0.15) is 13.8 Å². The number of pyridine rings is 1. The normalized spacial score (nSPS) is 12.4. The average molecular weight is 352 g/mol. The Labute approximate surface area is 150 Å². The molecule has 2 N–H and O–H groups in total. The largest absolute Gasteiger partial charge is 0.480 e. The van der Waals surface area contributed by atoms with Crippen molar-refractivity contribution in [1.82, 2.24) is 9.88 Å². The van der Waals surface area contributed by atoms with Crippen LogP contribution in [0.15, 0.2) is 53.3 Å². The van der Waals surface area contributed by atoms with E-state index in [2.05, 4.69) is 5.32 Å². The predicted molar refractivity (Wildman–Crippen MR) is 100 cm³/mol. The summed E-state index contributed by atoms with van der Waals surface area (Å²) < 4.78 is 1.75. The summed E-state index contributed by atoms with van der Waals surface area (Å²) in [6.45, 7) is 3.41. The second-order valence-electron chi connectivity index (χ2n) is 6.58. The van der Waals surface area contributed by atoms with E-state index in [0.29, 0.717) is 21.8 Å². The van der Waals surface area contributed by atoms with Crippen LogP contribution < -0.4 is 10.7 Å². The molecule has 0 aliphatic rings. The first-order valence-electron chi connectivity index (χ1n) is 8.42. The maximum absolute atomic E-state index is 12.7. The van der Waals surface area contributed by atoms with E-state index in [9.17, 15) is 19.5 Å². The summed E-state index contributed by atoms with van der Waals surface area (Å²) in [5, 5.41) is 12.9. The van der Waals surface area contributed by atoms with Gasteiger partial charge in [0.1, 0.15) is 12.6 Å². The molecule has 6 heteroatoms. The van der Waals surface area contributed by atoms with E-state index in [1.807, 2.05) is 0 Å². The Bertz CT molecular complexity index is 993. The van der Waals surface area contributed by atoms with Gasteiger partial charge >= 0.3 is 5.97 Å². The lowest BCUT2D eigenvalue weighted by molar-refractivity contribution is -0.143. The maximum Gasteiger partial charge on any atom is 0.326 e. The van der Waals surface area contributed by atoms with Gasteiger partial charge in [-0.05, 0) is 30.2 Å². The molecule has 3 rings (SSSR count). The molecular weight excluding hydrogens is 332 g/mol. The van der Waals surface area contributed by atoms with Crippen molar-refractivity contribution in [3.8, 4) is 0 Å². The molecule has 1 atom stereocenters. The number of carbonyl (C=O) groups excluding carboxylic acids is 1. The molecule has 3 aromatic rings. The molecule has 1 heterocycles. The van der Waals surface area contributed by atoms with E-state index < -0.39 is 17.9 Å². The number of benzene rings is 2. The number of carboxylic acids is 1.